The van der Waals surface area contributed by atoms with Gasteiger partial charge >= 0.3 is 5.97 Å². The molecule has 192 valence electrons. The van der Waals surface area contributed by atoms with Gasteiger partial charge < -0.3 is 9.47 Å². The van der Waals surface area contributed by atoms with Gasteiger partial charge in [-0.25, -0.2) is 13.2 Å². The van der Waals surface area contributed by atoms with Crippen LogP contribution in [0.25, 0.3) is 0 Å². The Labute approximate surface area is 228 Å². The van der Waals surface area contributed by atoms with Crippen LogP contribution >= 0.6 is 35.0 Å². The summed E-state index contributed by atoms with van der Waals surface area (Å²) in [7, 11) is -4.00. The van der Waals surface area contributed by atoms with E-state index in [0.29, 0.717) is 11.4 Å². The van der Waals surface area contributed by atoms with E-state index >= 15 is 0 Å². The number of carbonyl (C=O) groups excluding carboxylic acids is 2. The lowest BCUT2D eigenvalue weighted by Crippen LogP contribution is -2.40. The minimum absolute atomic E-state index is 0.0894. The topological polar surface area (TPSA) is 93.2 Å². The van der Waals surface area contributed by atoms with Crippen molar-refractivity contribution in [2.45, 2.75) is 14.7 Å². The third kappa shape index (κ3) is 5.09. The summed E-state index contributed by atoms with van der Waals surface area (Å²) < 4.78 is 38.0. The Morgan fingerprint density at radius 3 is 2.14 bits per heavy atom. The molecule has 1 saturated heterocycles. The molecule has 8 nitrogen and oxygen atoms in total. The summed E-state index contributed by atoms with van der Waals surface area (Å²) in [4.78, 5) is 29.3. The quantitative estimate of drug-likeness (QED) is 0.393. The van der Waals surface area contributed by atoms with Gasteiger partial charge in [0, 0.05) is 22.9 Å². The zero-order chi connectivity index (χ0) is 26.2. The maximum atomic E-state index is 13.3. The Hall–Kier alpha value is -2.60. The molecule has 0 unspecified atom stereocenters. The van der Waals surface area contributed by atoms with Crippen LogP contribution in [0.15, 0.2) is 75.4 Å². The molecule has 2 aliphatic heterocycles. The highest BCUT2D eigenvalue weighted by atomic mass is 35.5. The summed E-state index contributed by atoms with van der Waals surface area (Å²) in [6.07, 6.45) is 0. The first kappa shape index (κ1) is 26.0. The summed E-state index contributed by atoms with van der Waals surface area (Å²) in [6, 6.07) is 17.1. The van der Waals surface area contributed by atoms with Gasteiger partial charge in [0.2, 0.25) is 10.0 Å². The third-order valence-electron chi connectivity index (χ3n) is 5.84. The molecule has 0 spiro atoms. The van der Waals surface area contributed by atoms with Gasteiger partial charge in [-0.3, -0.25) is 9.69 Å². The monoisotopic (exact) mass is 578 g/mol. The van der Waals surface area contributed by atoms with Crippen molar-refractivity contribution in [3.63, 3.8) is 0 Å². The molecule has 1 amide bonds. The van der Waals surface area contributed by atoms with Gasteiger partial charge in [-0.2, -0.15) is 4.31 Å². The molecule has 12 heteroatoms. The summed E-state index contributed by atoms with van der Waals surface area (Å²) in [5.41, 5.74) is 1.15. The minimum atomic E-state index is -4.00. The van der Waals surface area contributed by atoms with E-state index in [4.69, 9.17) is 32.7 Å². The number of hydrogen-bond acceptors (Lipinski definition) is 7. The molecule has 2 heterocycles. The first-order chi connectivity index (χ1) is 17.8. The first-order valence-electron chi connectivity index (χ1n) is 11.2. The van der Waals surface area contributed by atoms with Crippen LogP contribution in [0.1, 0.15) is 10.4 Å². The predicted molar refractivity (Wildman–Crippen MR) is 140 cm³/mol. The van der Waals surface area contributed by atoms with Gasteiger partial charge in [-0.05, 0) is 36.4 Å². The van der Waals surface area contributed by atoms with E-state index in [1.165, 1.54) is 15.3 Å². The number of halogens is 2. The highest BCUT2D eigenvalue weighted by molar-refractivity contribution is 7.99. The minimum Gasteiger partial charge on any atom is -0.452 e. The summed E-state index contributed by atoms with van der Waals surface area (Å²) in [5.74, 6) is -1.42. The fourth-order valence-electron chi connectivity index (χ4n) is 4.05. The van der Waals surface area contributed by atoms with Crippen LogP contribution in [0.5, 0.6) is 0 Å². The van der Waals surface area contributed by atoms with Gasteiger partial charge in [0.25, 0.3) is 5.91 Å². The van der Waals surface area contributed by atoms with E-state index in [-0.39, 0.29) is 46.8 Å². The average molecular weight is 579 g/mol. The van der Waals surface area contributed by atoms with Crippen molar-refractivity contribution in [2.75, 3.05) is 37.8 Å². The molecule has 0 bridgehead atoms. The lowest BCUT2D eigenvalue weighted by molar-refractivity contribution is -0.121. The fraction of sp³-hybridized carbons (Fsp3) is 0.200. The molecule has 2 aliphatic rings. The summed E-state index contributed by atoms with van der Waals surface area (Å²) >= 11 is 14.0. The number of morpholine rings is 1. The Bertz CT molecular complexity index is 1450. The Kier molecular flexibility index (Phi) is 7.49. The van der Waals surface area contributed by atoms with Crippen molar-refractivity contribution in [3.05, 3.63) is 76.3 Å². The smallest absolute Gasteiger partial charge is 0.340 e. The maximum Gasteiger partial charge on any atom is 0.340 e. The predicted octanol–water partition coefficient (Wildman–Crippen LogP) is 5.00. The zero-order valence-corrected chi connectivity index (χ0v) is 22.4. The molecule has 0 aromatic heterocycles. The number of sulfonamides is 1. The van der Waals surface area contributed by atoms with Crippen LogP contribution in [-0.2, 0) is 24.3 Å². The van der Waals surface area contributed by atoms with Crippen molar-refractivity contribution < 1.29 is 27.5 Å². The largest absolute Gasteiger partial charge is 0.452 e. The second kappa shape index (κ2) is 10.6. The molecule has 0 aliphatic carbocycles. The summed E-state index contributed by atoms with van der Waals surface area (Å²) in [6.45, 7) is 0.237. The van der Waals surface area contributed by atoms with Crippen molar-refractivity contribution in [1.29, 1.82) is 0 Å². The number of para-hydroxylation sites is 2. The fourth-order valence-corrected chi connectivity index (χ4v) is 7.34. The SMILES string of the molecule is O=C(OCC(=O)N1c2ccccc2Sc2ccccc21)c1cc(S(=O)(=O)N2CCOCC2)c(Cl)cc1Cl. The standard InChI is InChI=1S/C25H20Cl2N2O6S2/c26-17-14-18(27)23(37(32,33)28-9-11-34-12-10-28)13-16(17)25(31)35-15-24(30)29-19-5-1-3-7-21(19)36-22-8-4-2-6-20(22)29/h1-8,13-14H,9-12,15H2. The van der Waals surface area contributed by atoms with E-state index in [1.807, 2.05) is 48.5 Å². The van der Waals surface area contributed by atoms with Crippen LogP contribution in [-0.4, -0.2) is 57.5 Å². The Balaban J connectivity index is 1.38. The molecular formula is C25H20Cl2N2O6S2. The zero-order valence-electron chi connectivity index (χ0n) is 19.2. The van der Waals surface area contributed by atoms with Crippen LogP contribution in [0.4, 0.5) is 11.4 Å². The van der Waals surface area contributed by atoms with Crippen LogP contribution in [0, 0.1) is 0 Å². The van der Waals surface area contributed by atoms with E-state index in [1.54, 1.807) is 11.8 Å². The van der Waals surface area contributed by atoms with Gasteiger partial charge in [-0.15, -0.1) is 0 Å². The number of ether oxygens (including phenoxy) is 2. The van der Waals surface area contributed by atoms with Gasteiger partial charge in [0.05, 0.1) is 40.2 Å². The Morgan fingerprint density at radius 1 is 0.919 bits per heavy atom. The second-order valence-corrected chi connectivity index (χ2v) is 11.9. The maximum absolute atomic E-state index is 13.3. The summed E-state index contributed by atoms with van der Waals surface area (Å²) in [5, 5.41) is -0.211. The van der Waals surface area contributed by atoms with E-state index < -0.39 is 28.5 Å². The molecule has 5 rings (SSSR count). The average Bonchev–Trinajstić information content (AvgIpc) is 2.90. The second-order valence-electron chi connectivity index (χ2n) is 8.12. The normalized spacial score (nSPS) is 15.6. The van der Waals surface area contributed by atoms with E-state index in [2.05, 4.69) is 0 Å². The van der Waals surface area contributed by atoms with Crippen molar-refractivity contribution >= 4 is 68.2 Å². The highest BCUT2D eigenvalue weighted by Gasteiger charge is 2.32. The van der Waals surface area contributed by atoms with Crippen LogP contribution in [0.2, 0.25) is 10.0 Å². The van der Waals surface area contributed by atoms with Gasteiger partial charge in [0.1, 0.15) is 4.90 Å². The number of amides is 1. The molecule has 3 aromatic rings. The van der Waals surface area contributed by atoms with Crippen molar-refractivity contribution in [2.24, 2.45) is 0 Å². The lowest BCUT2D eigenvalue weighted by atomic mass is 10.2. The lowest BCUT2D eigenvalue weighted by Gasteiger charge is -2.30. The molecule has 0 radical (unpaired) electrons. The Morgan fingerprint density at radius 2 is 1.51 bits per heavy atom. The van der Waals surface area contributed by atoms with Crippen molar-refractivity contribution in [3.8, 4) is 0 Å². The van der Waals surface area contributed by atoms with Crippen LogP contribution < -0.4 is 4.90 Å². The molecule has 0 N–H and O–H groups in total. The number of rotatable bonds is 5. The molecule has 0 atom stereocenters. The number of nitrogens with zero attached hydrogens (tertiary/aromatic N) is 2. The number of carbonyl (C=O) groups is 2. The number of hydrogen-bond donors (Lipinski definition) is 0. The van der Waals surface area contributed by atoms with E-state index in [0.717, 1.165) is 15.9 Å². The van der Waals surface area contributed by atoms with Gasteiger partial charge in [-0.1, -0.05) is 59.2 Å². The first-order valence-corrected chi connectivity index (χ1v) is 14.2. The molecule has 3 aromatic carbocycles. The molecule has 37 heavy (non-hydrogen) atoms. The number of esters is 1. The third-order valence-corrected chi connectivity index (χ3v) is 9.64. The van der Waals surface area contributed by atoms with Crippen LogP contribution in [0.3, 0.4) is 0 Å². The van der Waals surface area contributed by atoms with E-state index in [9.17, 15) is 18.0 Å². The van der Waals surface area contributed by atoms with Crippen molar-refractivity contribution in [1.82, 2.24) is 4.31 Å². The molecule has 0 saturated carbocycles. The molecule has 1 fully saturated rings. The highest BCUT2D eigenvalue weighted by Crippen LogP contribution is 2.47. The number of fused-ring (bicyclic) bond motifs is 2. The molecular weight excluding hydrogens is 559 g/mol. The van der Waals surface area contributed by atoms with Gasteiger partial charge in [0.15, 0.2) is 6.61 Å². The number of benzene rings is 3. The number of anilines is 2.